The van der Waals surface area contributed by atoms with Crippen LogP contribution in [-0.2, 0) is 16.6 Å². The number of rotatable bonds is 5. The van der Waals surface area contributed by atoms with Gasteiger partial charge in [0.1, 0.15) is 10.7 Å². The lowest BCUT2D eigenvalue weighted by Crippen LogP contribution is -2.44. The summed E-state index contributed by atoms with van der Waals surface area (Å²) in [6, 6.07) is 3.72. The van der Waals surface area contributed by atoms with E-state index in [1.165, 1.54) is 45.9 Å². The van der Waals surface area contributed by atoms with Crippen LogP contribution in [0.4, 0.5) is 11.4 Å². The van der Waals surface area contributed by atoms with E-state index in [-0.39, 0.29) is 30.2 Å². The molecule has 1 saturated heterocycles. The highest BCUT2D eigenvalue weighted by molar-refractivity contribution is 6.31. The average molecular weight is 461 g/mol. The van der Waals surface area contributed by atoms with Crippen molar-refractivity contribution in [2.24, 2.45) is 7.05 Å². The first-order chi connectivity index (χ1) is 15.1. The fourth-order valence-corrected chi connectivity index (χ4v) is 3.65. The lowest BCUT2D eigenvalue weighted by atomic mass is 10.1. The predicted molar refractivity (Wildman–Crippen MR) is 117 cm³/mol. The van der Waals surface area contributed by atoms with Crippen LogP contribution in [0.5, 0.6) is 0 Å². The minimum Gasteiger partial charge on any atom is -0.326 e. The molecular weight excluding hydrogens is 440 g/mol. The summed E-state index contributed by atoms with van der Waals surface area (Å²) in [5, 5.41) is 20.9. The average Bonchev–Trinajstić information content (AvgIpc) is 3.30. The molecule has 11 nitrogen and oxygen atoms in total. The van der Waals surface area contributed by atoms with E-state index in [4.69, 9.17) is 11.6 Å². The molecule has 0 unspecified atom stereocenters. The van der Waals surface area contributed by atoms with Crippen LogP contribution in [0.25, 0.3) is 6.08 Å². The second kappa shape index (κ2) is 9.18. The molecule has 0 saturated carbocycles. The van der Waals surface area contributed by atoms with Gasteiger partial charge in [0.15, 0.2) is 0 Å². The van der Waals surface area contributed by atoms with Crippen LogP contribution in [-0.4, -0.2) is 55.5 Å². The number of nitro benzene ring substituents is 1. The lowest BCUT2D eigenvalue weighted by Gasteiger charge is -2.27. The number of nitrogens with zero attached hydrogens (tertiary/aromatic N) is 5. The first-order valence-electron chi connectivity index (χ1n) is 9.66. The van der Waals surface area contributed by atoms with Gasteiger partial charge in [-0.15, -0.1) is 0 Å². The second-order valence-electron chi connectivity index (χ2n) is 7.16. The molecular formula is C20H21ClN6O5. The smallest absolute Gasteiger partial charge is 0.282 e. The van der Waals surface area contributed by atoms with E-state index in [0.717, 1.165) is 6.07 Å². The summed E-state index contributed by atoms with van der Waals surface area (Å²) in [6.07, 6.45) is 3.31. The van der Waals surface area contributed by atoms with Gasteiger partial charge in [0, 0.05) is 50.5 Å². The Balaban J connectivity index is 1.88. The van der Waals surface area contributed by atoms with Crippen molar-refractivity contribution in [2.45, 2.75) is 20.3 Å². The molecule has 2 heterocycles. The van der Waals surface area contributed by atoms with Gasteiger partial charge in [0.25, 0.3) is 17.5 Å². The Hall–Kier alpha value is -3.73. The molecule has 12 heteroatoms. The molecule has 0 atom stereocenters. The van der Waals surface area contributed by atoms with E-state index in [1.54, 1.807) is 14.0 Å². The number of hydrazine groups is 1. The summed E-state index contributed by atoms with van der Waals surface area (Å²) < 4.78 is 1.48. The molecule has 32 heavy (non-hydrogen) atoms. The highest BCUT2D eigenvalue weighted by Gasteiger charge is 2.34. The highest BCUT2D eigenvalue weighted by Crippen LogP contribution is 2.27. The number of aryl methyl sites for hydroxylation is 2. The molecule has 0 bridgehead atoms. The lowest BCUT2D eigenvalue weighted by molar-refractivity contribution is -0.385. The zero-order valence-electron chi connectivity index (χ0n) is 17.7. The van der Waals surface area contributed by atoms with Gasteiger partial charge in [0.05, 0.1) is 10.6 Å². The number of aromatic nitrogens is 2. The van der Waals surface area contributed by atoms with Crippen molar-refractivity contribution in [3.8, 4) is 0 Å². The van der Waals surface area contributed by atoms with Crippen LogP contribution in [0, 0.1) is 17.0 Å². The maximum Gasteiger partial charge on any atom is 0.282 e. The summed E-state index contributed by atoms with van der Waals surface area (Å²) in [5.41, 5.74) is 0.817. The van der Waals surface area contributed by atoms with Gasteiger partial charge in [-0.25, -0.2) is 10.0 Å². The van der Waals surface area contributed by atoms with Crippen molar-refractivity contribution in [3.63, 3.8) is 0 Å². The van der Waals surface area contributed by atoms with Crippen molar-refractivity contribution < 1.29 is 19.3 Å². The van der Waals surface area contributed by atoms with E-state index in [9.17, 15) is 24.5 Å². The Kier molecular flexibility index (Phi) is 6.58. The molecule has 3 amide bonds. The standard InChI is InChI=1S/C20H21ClN6O5/c1-12-15(19(21)24(3)23-12)6-8-18(29)25-9-4-10-26(25)20(30)16-11-14(22-13(2)28)5-7-17(16)27(31)32/h5-8,11H,4,9-10H2,1-3H3,(H,22,28). The molecule has 168 valence electrons. The molecule has 0 aliphatic carbocycles. The van der Waals surface area contributed by atoms with Gasteiger partial charge in [-0.3, -0.25) is 29.2 Å². The molecule has 0 radical (unpaired) electrons. The molecule has 1 N–H and O–H groups in total. The number of carbonyl (C=O) groups is 3. The zero-order chi connectivity index (χ0) is 23.6. The van der Waals surface area contributed by atoms with Gasteiger partial charge in [0.2, 0.25) is 5.91 Å². The third-order valence-electron chi connectivity index (χ3n) is 4.85. The Bertz CT molecular complexity index is 1140. The number of anilines is 1. The van der Waals surface area contributed by atoms with Crippen molar-refractivity contribution in [1.82, 2.24) is 19.8 Å². The first-order valence-corrected chi connectivity index (χ1v) is 10.0. The number of halogens is 1. The quantitative estimate of drug-likeness (QED) is 0.414. The minimum atomic E-state index is -0.709. The zero-order valence-corrected chi connectivity index (χ0v) is 18.4. The van der Waals surface area contributed by atoms with Gasteiger partial charge < -0.3 is 5.32 Å². The molecule has 3 rings (SSSR count). The molecule has 1 aliphatic rings. The minimum absolute atomic E-state index is 0.215. The Labute approximate surface area is 188 Å². The van der Waals surface area contributed by atoms with Crippen molar-refractivity contribution in [2.75, 3.05) is 18.4 Å². The van der Waals surface area contributed by atoms with E-state index in [0.29, 0.717) is 22.8 Å². The summed E-state index contributed by atoms with van der Waals surface area (Å²) >= 11 is 6.18. The monoisotopic (exact) mass is 460 g/mol. The molecule has 1 aromatic carbocycles. The second-order valence-corrected chi connectivity index (χ2v) is 7.52. The number of nitro groups is 1. The molecule has 1 fully saturated rings. The topological polar surface area (TPSA) is 131 Å². The summed E-state index contributed by atoms with van der Waals surface area (Å²) in [4.78, 5) is 48.1. The van der Waals surface area contributed by atoms with Gasteiger partial charge >= 0.3 is 0 Å². The van der Waals surface area contributed by atoms with Crippen LogP contribution in [0.1, 0.15) is 35.0 Å². The van der Waals surface area contributed by atoms with E-state index in [2.05, 4.69) is 10.4 Å². The molecule has 0 spiro atoms. The number of amides is 3. The van der Waals surface area contributed by atoms with Gasteiger partial charge in [-0.1, -0.05) is 11.6 Å². The highest BCUT2D eigenvalue weighted by atomic mass is 35.5. The van der Waals surface area contributed by atoms with Gasteiger partial charge in [-0.2, -0.15) is 5.10 Å². The van der Waals surface area contributed by atoms with Crippen LogP contribution in [0.15, 0.2) is 24.3 Å². The Morgan fingerprint density at radius 2 is 1.94 bits per heavy atom. The molecule has 2 aromatic rings. The predicted octanol–water partition coefficient (Wildman–Crippen LogP) is 2.55. The summed E-state index contributed by atoms with van der Waals surface area (Å²) in [7, 11) is 1.68. The Morgan fingerprint density at radius 3 is 2.53 bits per heavy atom. The summed E-state index contributed by atoms with van der Waals surface area (Å²) in [6.45, 7) is 3.52. The third-order valence-corrected chi connectivity index (χ3v) is 5.30. The fraction of sp³-hybridized carbons (Fsp3) is 0.300. The third kappa shape index (κ3) is 4.62. The number of hydrogen-bond donors (Lipinski definition) is 1. The summed E-state index contributed by atoms with van der Waals surface area (Å²) in [5.74, 6) is -1.57. The maximum absolute atomic E-state index is 13.2. The molecule has 1 aliphatic heterocycles. The number of nitrogens with one attached hydrogen (secondary N) is 1. The van der Waals surface area contributed by atoms with E-state index >= 15 is 0 Å². The first kappa shape index (κ1) is 22.9. The fourth-order valence-electron chi connectivity index (χ4n) is 3.42. The Morgan fingerprint density at radius 1 is 1.25 bits per heavy atom. The van der Waals surface area contributed by atoms with Crippen LogP contribution >= 0.6 is 11.6 Å². The SMILES string of the molecule is CC(=O)Nc1ccc([N+](=O)[O-])c(C(=O)N2CCCN2C(=O)C=Cc2c(C)nn(C)c2Cl)c1. The van der Waals surface area contributed by atoms with Crippen LogP contribution < -0.4 is 5.32 Å². The van der Waals surface area contributed by atoms with Crippen molar-refractivity contribution in [3.05, 3.63) is 56.4 Å². The number of carbonyl (C=O) groups excluding carboxylic acids is 3. The number of hydrogen-bond acceptors (Lipinski definition) is 6. The van der Waals surface area contributed by atoms with Crippen LogP contribution in [0.2, 0.25) is 5.15 Å². The normalized spacial score (nSPS) is 13.6. The van der Waals surface area contributed by atoms with Crippen LogP contribution in [0.3, 0.4) is 0 Å². The van der Waals surface area contributed by atoms with E-state index < -0.39 is 22.4 Å². The van der Waals surface area contributed by atoms with Crippen molar-refractivity contribution in [1.29, 1.82) is 0 Å². The largest absolute Gasteiger partial charge is 0.326 e. The van der Waals surface area contributed by atoms with E-state index in [1.807, 2.05) is 0 Å². The van der Waals surface area contributed by atoms with Gasteiger partial charge in [-0.05, 0) is 31.6 Å². The maximum atomic E-state index is 13.2. The van der Waals surface area contributed by atoms with Crippen molar-refractivity contribution >= 4 is 46.8 Å². The number of benzene rings is 1. The molecule has 1 aromatic heterocycles.